The van der Waals surface area contributed by atoms with Gasteiger partial charge < -0.3 is 20.3 Å². The summed E-state index contributed by atoms with van der Waals surface area (Å²) >= 11 is 0. The maximum absolute atomic E-state index is 13.2. The molecule has 0 bridgehead atoms. The van der Waals surface area contributed by atoms with Crippen LogP contribution < -0.4 is 15.4 Å². The highest BCUT2D eigenvalue weighted by molar-refractivity contribution is 6.09. The van der Waals surface area contributed by atoms with Gasteiger partial charge in [-0.1, -0.05) is 60.7 Å². The first kappa shape index (κ1) is 26.6. The molecule has 0 aliphatic heterocycles. The smallest absolute Gasteiger partial charge is 0.417 e. The molecule has 0 unspecified atom stereocenters. The normalized spacial score (nSPS) is 10.4. The summed E-state index contributed by atoms with van der Waals surface area (Å²) in [5.74, 6) is -2.05. The standard InChI is InChI=1S/C30H24N2O7/c33-27(34)17-19-9-13-21(14-10-19)31-29(37)25-7-2-1-5-23(25)24-6-3-4-8-26(24)39-30(38)32-22-15-11-20(12-16-22)18-28(35)36/h1-16H,17-18H2,(H,31,37)(H,32,38)(H,33,34)(H,35,36). The first-order valence-electron chi connectivity index (χ1n) is 11.9. The van der Waals surface area contributed by atoms with Crippen molar-refractivity contribution in [2.24, 2.45) is 0 Å². The highest BCUT2D eigenvalue weighted by Crippen LogP contribution is 2.33. The first-order chi connectivity index (χ1) is 18.8. The molecule has 0 atom stereocenters. The van der Waals surface area contributed by atoms with Crippen molar-refractivity contribution in [3.8, 4) is 16.9 Å². The van der Waals surface area contributed by atoms with Crippen molar-refractivity contribution < 1.29 is 34.1 Å². The van der Waals surface area contributed by atoms with Crippen molar-refractivity contribution in [1.82, 2.24) is 0 Å². The molecule has 0 heterocycles. The minimum Gasteiger partial charge on any atom is -0.481 e. The summed E-state index contributed by atoms with van der Waals surface area (Å²) in [6, 6.07) is 26.6. The summed E-state index contributed by atoms with van der Waals surface area (Å²) in [5.41, 5.74) is 3.55. The molecule has 0 spiro atoms. The number of carboxylic acid groups (broad SMARTS) is 2. The van der Waals surface area contributed by atoms with Crippen LogP contribution in [0.2, 0.25) is 0 Å². The third kappa shape index (κ3) is 7.30. The number of aliphatic carboxylic acids is 2. The number of rotatable bonds is 9. The zero-order valence-corrected chi connectivity index (χ0v) is 20.6. The Morgan fingerprint density at radius 2 is 1.08 bits per heavy atom. The number of benzene rings is 4. The molecule has 9 nitrogen and oxygen atoms in total. The largest absolute Gasteiger partial charge is 0.481 e. The second-order valence-electron chi connectivity index (χ2n) is 8.55. The van der Waals surface area contributed by atoms with E-state index in [1.807, 2.05) is 0 Å². The molecule has 0 saturated heterocycles. The van der Waals surface area contributed by atoms with Crippen LogP contribution in [0.4, 0.5) is 16.2 Å². The second kappa shape index (κ2) is 12.2. The predicted molar refractivity (Wildman–Crippen MR) is 145 cm³/mol. The molecule has 0 aliphatic carbocycles. The van der Waals surface area contributed by atoms with Crippen LogP contribution in [0.15, 0.2) is 97.1 Å². The molecule has 0 fully saturated rings. The summed E-state index contributed by atoms with van der Waals surface area (Å²) in [5, 5.41) is 23.3. The Morgan fingerprint density at radius 1 is 0.590 bits per heavy atom. The number of nitrogens with one attached hydrogen (secondary N) is 2. The van der Waals surface area contributed by atoms with Crippen molar-refractivity contribution in [1.29, 1.82) is 0 Å². The third-order valence-electron chi connectivity index (χ3n) is 5.67. The number of carbonyl (C=O) groups excluding carboxylic acids is 2. The van der Waals surface area contributed by atoms with E-state index in [9.17, 15) is 19.2 Å². The average Bonchev–Trinajstić information content (AvgIpc) is 2.90. The lowest BCUT2D eigenvalue weighted by Gasteiger charge is -2.14. The van der Waals surface area contributed by atoms with Crippen LogP contribution in [-0.4, -0.2) is 34.2 Å². The van der Waals surface area contributed by atoms with Gasteiger partial charge in [-0.05, 0) is 53.1 Å². The molecule has 2 amide bonds. The highest BCUT2D eigenvalue weighted by atomic mass is 16.6. The van der Waals surface area contributed by atoms with E-state index in [0.717, 1.165) is 0 Å². The number of amides is 2. The van der Waals surface area contributed by atoms with E-state index in [4.69, 9.17) is 14.9 Å². The summed E-state index contributed by atoms with van der Waals surface area (Å²) in [6.45, 7) is 0. The van der Waals surface area contributed by atoms with Gasteiger partial charge in [0.25, 0.3) is 5.91 Å². The van der Waals surface area contributed by atoms with Gasteiger partial charge in [-0.25, -0.2) is 4.79 Å². The number of anilines is 2. The van der Waals surface area contributed by atoms with Crippen LogP contribution in [0.1, 0.15) is 21.5 Å². The van der Waals surface area contributed by atoms with Crippen molar-refractivity contribution in [2.75, 3.05) is 10.6 Å². The molecular weight excluding hydrogens is 500 g/mol. The lowest BCUT2D eigenvalue weighted by atomic mass is 9.98. The molecule has 196 valence electrons. The molecule has 9 heteroatoms. The Balaban J connectivity index is 1.50. The molecule has 0 saturated carbocycles. The summed E-state index contributed by atoms with van der Waals surface area (Å²) < 4.78 is 5.57. The second-order valence-corrected chi connectivity index (χ2v) is 8.55. The fourth-order valence-electron chi connectivity index (χ4n) is 3.90. The minimum absolute atomic E-state index is 0.114. The number of para-hydroxylation sites is 1. The van der Waals surface area contributed by atoms with Crippen molar-refractivity contribution in [3.63, 3.8) is 0 Å². The van der Waals surface area contributed by atoms with E-state index in [-0.39, 0.29) is 18.6 Å². The SMILES string of the molecule is O=C(O)Cc1ccc(NC(=O)Oc2ccccc2-c2ccccc2C(=O)Nc2ccc(CC(=O)O)cc2)cc1. The number of ether oxygens (including phenoxy) is 1. The van der Waals surface area contributed by atoms with E-state index in [1.165, 1.54) is 0 Å². The fourth-order valence-corrected chi connectivity index (χ4v) is 3.90. The predicted octanol–water partition coefficient (Wildman–Crippen LogP) is 5.47. The highest BCUT2D eigenvalue weighted by Gasteiger charge is 2.17. The lowest BCUT2D eigenvalue weighted by Crippen LogP contribution is -2.17. The van der Waals surface area contributed by atoms with E-state index in [1.54, 1.807) is 97.1 Å². The van der Waals surface area contributed by atoms with Crippen molar-refractivity contribution >= 4 is 35.3 Å². The molecule has 4 aromatic rings. The van der Waals surface area contributed by atoms with E-state index in [2.05, 4.69) is 10.6 Å². The summed E-state index contributed by atoms with van der Waals surface area (Å²) in [7, 11) is 0. The van der Waals surface area contributed by atoms with Gasteiger partial charge >= 0.3 is 18.0 Å². The maximum atomic E-state index is 13.2. The number of carboxylic acids is 2. The Labute approximate surface area is 223 Å². The monoisotopic (exact) mass is 524 g/mol. The fraction of sp³-hybridized carbons (Fsp3) is 0.0667. The molecule has 0 aliphatic rings. The molecule has 39 heavy (non-hydrogen) atoms. The summed E-state index contributed by atoms with van der Waals surface area (Å²) in [4.78, 5) is 47.6. The quantitative estimate of drug-likeness (QED) is 0.227. The Kier molecular flexibility index (Phi) is 8.33. The lowest BCUT2D eigenvalue weighted by molar-refractivity contribution is -0.137. The zero-order chi connectivity index (χ0) is 27.8. The van der Waals surface area contributed by atoms with E-state index < -0.39 is 23.9 Å². The Bertz CT molecular complexity index is 1510. The van der Waals surface area contributed by atoms with Crippen LogP contribution in [0, 0.1) is 0 Å². The van der Waals surface area contributed by atoms with Crippen LogP contribution in [0.3, 0.4) is 0 Å². The van der Waals surface area contributed by atoms with Gasteiger partial charge in [0.1, 0.15) is 5.75 Å². The Hall–Kier alpha value is -5.44. The van der Waals surface area contributed by atoms with Gasteiger partial charge in [-0.3, -0.25) is 19.7 Å². The van der Waals surface area contributed by atoms with Crippen LogP contribution in [-0.2, 0) is 22.4 Å². The topological polar surface area (TPSA) is 142 Å². The van der Waals surface area contributed by atoms with E-state index >= 15 is 0 Å². The molecule has 0 aromatic heterocycles. The summed E-state index contributed by atoms with van der Waals surface area (Å²) in [6.07, 6.45) is -0.990. The Morgan fingerprint density at radius 3 is 1.64 bits per heavy atom. The van der Waals surface area contributed by atoms with Gasteiger partial charge in [0.2, 0.25) is 0 Å². The average molecular weight is 525 g/mol. The first-order valence-corrected chi connectivity index (χ1v) is 11.9. The van der Waals surface area contributed by atoms with Crippen LogP contribution >= 0.6 is 0 Å². The van der Waals surface area contributed by atoms with Crippen molar-refractivity contribution in [2.45, 2.75) is 12.8 Å². The van der Waals surface area contributed by atoms with E-state index in [0.29, 0.717) is 39.2 Å². The molecule has 4 rings (SSSR count). The van der Waals surface area contributed by atoms with Gasteiger partial charge in [-0.15, -0.1) is 0 Å². The van der Waals surface area contributed by atoms with Crippen molar-refractivity contribution in [3.05, 3.63) is 114 Å². The maximum Gasteiger partial charge on any atom is 0.417 e. The van der Waals surface area contributed by atoms with Gasteiger partial charge in [0.05, 0.1) is 12.8 Å². The zero-order valence-electron chi connectivity index (χ0n) is 20.6. The van der Waals surface area contributed by atoms with Crippen LogP contribution in [0.25, 0.3) is 11.1 Å². The van der Waals surface area contributed by atoms with Gasteiger partial charge in [-0.2, -0.15) is 0 Å². The molecule has 4 aromatic carbocycles. The third-order valence-corrected chi connectivity index (χ3v) is 5.67. The number of hydrogen-bond donors (Lipinski definition) is 4. The molecular formula is C30H24N2O7. The minimum atomic E-state index is -0.950. The number of carbonyl (C=O) groups is 4. The molecule has 0 radical (unpaired) electrons. The number of hydrogen-bond acceptors (Lipinski definition) is 5. The van der Waals surface area contributed by atoms with Crippen LogP contribution in [0.5, 0.6) is 5.75 Å². The van der Waals surface area contributed by atoms with Gasteiger partial charge in [0.15, 0.2) is 0 Å². The van der Waals surface area contributed by atoms with Gasteiger partial charge in [0, 0.05) is 22.5 Å². The molecule has 4 N–H and O–H groups in total.